The summed E-state index contributed by atoms with van der Waals surface area (Å²) in [5.74, 6) is -3.23. The van der Waals surface area contributed by atoms with Gasteiger partial charge in [0, 0.05) is 18.9 Å². The molecule has 1 amide bonds. The predicted octanol–water partition coefficient (Wildman–Crippen LogP) is 2.65. The first-order valence-electron chi connectivity index (χ1n) is 19.2. The molecular weight excluding hydrogens is 750 g/mol. The molecule has 0 bridgehead atoms. The number of hydrogen-bond donors (Lipinski definition) is 2. The van der Waals surface area contributed by atoms with Crippen LogP contribution in [0.5, 0.6) is 0 Å². The second kappa shape index (κ2) is 31.0. The topological polar surface area (TPSA) is 202 Å². The Labute approximate surface area is 333 Å². The number of ether oxygens (including phenoxy) is 11. The summed E-state index contributed by atoms with van der Waals surface area (Å²) < 4.78 is 59.3. The molecule has 0 atom stereocenters. The Bertz CT molecular complexity index is 1380. The Balaban J connectivity index is 0.949. The highest BCUT2D eigenvalue weighted by Crippen LogP contribution is 2.44. The van der Waals surface area contributed by atoms with Gasteiger partial charge in [0.2, 0.25) is 5.78 Å². The average Bonchev–Trinajstić information content (AvgIpc) is 3.54. The fourth-order valence-corrected chi connectivity index (χ4v) is 5.35. The molecule has 2 N–H and O–H groups in total. The van der Waals surface area contributed by atoms with Crippen molar-refractivity contribution in [1.29, 1.82) is 0 Å². The predicted molar refractivity (Wildman–Crippen MR) is 203 cm³/mol. The minimum Gasteiger partial charge on any atom is -0.476 e. The lowest BCUT2D eigenvalue weighted by Crippen LogP contribution is -2.29. The lowest BCUT2D eigenvalue weighted by atomic mass is 9.98. The minimum absolute atomic E-state index is 0.00712. The van der Waals surface area contributed by atoms with Crippen LogP contribution >= 0.6 is 0 Å². The van der Waals surface area contributed by atoms with Gasteiger partial charge in [0.05, 0.1) is 125 Å². The van der Waals surface area contributed by atoms with Crippen LogP contribution in [0.15, 0.2) is 48.5 Å². The van der Waals surface area contributed by atoms with Crippen molar-refractivity contribution in [1.82, 2.24) is 5.32 Å². The van der Waals surface area contributed by atoms with Crippen LogP contribution in [0.25, 0.3) is 11.1 Å². The molecule has 0 saturated heterocycles. The third-order valence-electron chi connectivity index (χ3n) is 8.12. The molecule has 0 aromatic heterocycles. The van der Waals surface area contributed by atoms with Gasteiger partial charge < -0.3 is 62.5 Å². The summed E-state index contributed by atoms with van der Waals surface area (Å²) in [5, 5.41) is 11.2. The van der Waals surface area contributed by atoms with Crippen molar-refractivity contribution in [2.24, 2.45) is 0 Å². The summed E-state index contributed by atoms with van der Waals surface area (Å²) >= 11 is 0. The minimum atomic E-state index is -1.57. The van der Waals surface area contributed by atoms with Crippen molar-refractivity contribution < 1.29 is 76.4 Å². The number of aliphatic carboxylic acids is 1. The van der Waals surface area contributed by atoms with Crippen LogP contribution in [0.4, 0.5) is 4.79 Å². The summed E-state index contributed by atoms with van der Waals surface area (Å²) in [7, 11) is 0. The van der Waals surface area contributed by atoms with Crippen molar-refractivity contribution in [3.05, 3.63) is 59.7 Å². The molecule has 17 heteroatoms. The van der Waals surface area contributed by atoms with Crippen molar-refractivity contribution in [3.8, 4) is 11.1 Å². The van der Waals surface area contributed by atoms with Crippen molar-refractivity contribution in [3.63, 3.8) is 0 Å². The first-order valence-corrected chi connectivity index (χ1v) is 19.2. The highest BCUT2D eigenvalue weighted by molar-refractivity contribution is 6.32. The zero-order valence-electron chi connectivity index (χ0n) is 32.5. The molecule has 0 aliphatic heterocycles. The van der Waals surface area contributed by atoms with Gasteiger partial charge in [-0.3, -0.25) is 9.59 Å². The molecule has 0 heterocycles. The third-order valence-corrected chi connectivity index (χ3v) is 8.12. The van der Waals surface area contributed by atoms with Crippen molar-refractivity contribution >= 4 is 23.8 Å². The van der Waals surface area contributed by atoms with E-state index in [1.165, 1.54) is 22.3 Å². The third kappa shape index (κ3) is 21.3. The molecular formula is C40H57NO16. The molecule has 2 aromatic rings. The van der Waals surface area contributed by atoms with Crippen LogP contribution in [0, 0.1) is 0 Å². The van der Waals surface area contributed by atoms with Gasteiger partial charge in [-0.1, -0.05) is 48.5 Å². The normalized spacial score (nSPS) is 11.9. The average molecular weight is 808 g/mol. The van der Waals surface area contributed by atoms with Crippen LogP contribution in [0.3, 0.4) is 0 Å². The molecule has 3 rings (SSSR count). The highest BCUT2D eigenvalue weighted by atomic mass is 16.6. The number of rotatable bonds is 36. The van der Waals surface area contributed by atoms with E-state index in [2.05, 4.69) is 29.6 Å². The van der Waals surface area contributed by atoms with E-state index in [1.807, 2.05) is 24.3 Å². The number of carbonyl (C=O) groups is 4. The van der Waals surface area contributed by atoms with Crippen LogP contribution < -0.4 is 5.32 Å². The lowest BCUT2D eigenvalue weighted by molar-refractivity contribution is -0.151. The number of alkyl carbamates (subject to hydrolysis) is 1. The second-order valence-electron chi connectivity index (χ2n) is 12.2. The largest absolute Gasteiger partial charge is 0.476 e. The number of carbonyl (C=O) groups excluding carboxylic acids is 3. The van der Waals surface area contributed by atoms with Gasteiger partial charge in [-0.05, 0) is 22.3 Å². The number of ketones is 1. The number of hydrogen-bond acceptors (Lipinski definition) is 15. The first-order chi connectivity index (χ1) is 28.0. The maximum Gasteiger partial charge on any atom is 0.407 e. The molecule has 57 heavy (non-hydrogen) atoms. The van der Waals surface area contributed by atoms with Crippen molar-refractivity contribution in [2.45, 2.75) is 18.8 Å². The molecule has 0 radical (unpaired) electrons. The summed E-state index contributed by atoms with van der Waals surface area (Å²) in [4.78, 5) is 44.9. The van der Waals surface area contributed by atoms with Gasteiger partial charge in [0.15, 0.2) is 0 Å². The number of carboxylic acid groups (broad SMARTS) is 1. The van der Waals surface area contributed by atoms with Gasteiger partial charge in [0.25, 0.3) is 0 Å². The van der Waals surface area contributed by atoms with E-state index in [9.17, 15) is 19.2 Å². The van der Waals surface area contributed by atoms with Crippen molar-refractivity contribution in [2.75, 3.05) is 139 Å². The lowest BCUT2D eigenvalue weighted by Gasteiger charge is -2.14. The van der Waals surface area contributed by atoms with E-state index in [-0.39, 0.29) is 32.2 Å². The number of nitrogens with one attached hydrogen (secondary N) is 1. The zero-order valence-corrected chi connectivity index (χ0v) is 32.5. The van der Waals surface area contributed by atoms with Crippen LogP contribution in [0.1, 0.15) is 29.9 Å². The Morgan fingerprint density at radius 3 is 1.25 bits per heavy atom. The van der Waals surface area contributed by atoms with E-state index in [0.717, 1.165) is 0 Å². The zero-order chi connectivity index (χ0) is 40.6. The quantitative estimate of drug-likeness (QED) is 0.0578. The van der Waals surface area contributed by atoms with E-state index in [4.69, 9.17) is 57.2 Å². The number of carboxylic acids is 1. The second-order valence-corrected chi connectivity index (χ2v) is 12.2. The number of benzene rings is 2. The molecule has 1 aliphatic carbocycles. The molecule has 318 valence electrons. The molecule has 0 fully saturated rings. The maximum atomic E-state index is 12.2. The first kappa shape index (κ1) is 47.3. The standard InChI is InChI=1S/C40H57NO16/c42-37(39(44)45)9-10-38(43)56-30-29-55-28-27-54-26-25-53-24-23-52-22-21-51-20-19-50-18-17-49-16-15-48-14-13-47-12-11-41-40(46)57-31-36-34-7-3-1-5-32(34)33-6-2-4-8-35(33)36/h1-8,36H,9-31H2,(H,41,46)(H,44,45). The molecule has 17 nitrogen and oxygen atoms in total. The van der Waals surface area contributed by atoms with E-state index >= 15 is 0 Å². The Morgan fingerprint density at radius 1 is 0.474 bits per heavy atom. The number of amides is 1. The SMILES string of the molecule is O=C(CCC(=O)C(=O)O)OCCOCCOCCOCCOCCOCCOCCOCCOCCOCCNC(=O)OCC1c2ccccc2-c2ccccc21. The Morgan fingerprint density at radius 2 is 0.842 bits per heavy atom. The fraction of sp³-hybridized carbons (Fsp3) is 0.600. The molecule has 0 spiro atoms. The molecule has 0 unspecified atom stereocenters. The summed E-state index contributed by atoms with van der Waals surface area (Å²) in [6, 6.07) is 16.4. The van der Waals surface area contributed by atoms with Gasteiger partial charge in [-0.15, -0.1) is 0 Å². The Hall–Kier alpha value is -4.04. The monoisotopic (exact) mass is 807 g/mol. The molecule has 2 aromatic carbocycles. The smallest absolute Gasteiger partial charge is 0.407 e. The van der Waals surface area contributed by atoms with Crippen LogP contribution in [0.2, 0.25) is 0 Å². The molecule has 0 saturated carbocycles. The van der Waals surface area contributed by atoms with Gasteiger partial charge in [-0.25, -0.2) is 9.59 Å². The highest BCUT2D eigenvalue weighted by Gasteiger charge is 2.29. The van der Waals surface area contributed by atoms with E-state index in [1.54, 1.807) is 0 Å². The van der Waals surface area contributed by atoms with E-state index in [0.29, 0.717) is 119 Å². The van der Waals surface area contributed by atoms with Gasteiger partial charge >= 0.3 is 18.0 Å². The number of Topliss-reactive ketones (excluding diaryl/α,β-unsaturated/α-hetero) is 1. The maximum absolute atomic E-state index is 12.2. The fourth-order valence-electron chi connectivity index (χ4n) is 5.35. The summed E-state index contributed by atoms with van der Waals surface area (Å²) in [6.07, 6.45) is -1.14. The number of fused-ring (bicyclic) bond motifs is 3. The van der Waals surface area contributed by atoms with Gasteiger partial charge in [-0.2, -0.15) is 0 Å². The van der Waals surface area contributed by atoms with E-state index < -0.39 is 30.2 Å². The summed E-state index contributed by atoms with van der Waals surface area (Å²) in [6.45, 7) is 7.87. The number of esters is 1. The Kier molecular flexibility index (Phi) is 25.8. The van der Waals surface area contributed by atoms with Crippen LogP contribution in [-0.2, 0) is 66.5 Å². The van der Waals surface area contributed by atoms with Crippen LogP contribution in [-0.4, -0.2) is 168 Å². The molecule has 1 aliphatic rings. The summed E-state index contributed by atoms with van der Waals surface area (Å²) in [5.41, 5.74) is 4.73. The van der Waals surface area contributed by atoms with Gasteiger partial charge in [0.1, 0.15) is 13.2 Å².